The van der Waals surface area contributed by atoms with Gasteiger partial charge in [0.25, 0.3) is 11.8 Å². The molecule has 0 spiro atoms. The largest absolute Gasteiger partial charge is 0.508 e. The molecule has 0 aliphatic heterocycles. The maximum absolute atomic E-state index is 11.7. The molecule has 20 heavy (non-hydrogen) atoms. The average molecular weight is 290 g/mol. The van der Waals surface area contributed by atoms with Crippen LogP contribution in [0.25, 0.3) is 0 Å². The number of rotatable bonds is 5. The fourth-order valence-corrected chi connectivity index (χ4v) is 2.24. The molecule has 2 aromatic rings. The van der Waals surface area contributed by atoms with Crippen molar-refractivity contribution in [2.75, 3.05) is 13.1 Å². The van der Waals surface area contributed by atoms with Gasteiger partial charge in [-0.15, -0.1) is 11.3 Å². The maximum Gasteiger partial charge on any atom is 0.261 e. The molecular weight excluding hydrogens is 276 g/mol. The molecule has 2 amide bonds. The van der Waals surface area contributed by atoms with Gasteiger partial charge in [-0.2, -0.15) is 0 Å². The van der Waals surface area contributed by atoms with Gasteiger partial charge in [-0.3, -0.25) is 9.59 Å². The summed E-state index contributed by atoms with van der Waals surface area (Å²) >= 11 is 1.37. The van der Waals surface area contributed by atoms with Crippen LogP contribution in [-0.2, 0) is 0 Å². The van der Waals surface area contributed by atoms with Crippen LogP contribution in [0.4, 0.5) is 0 Å². The molecule has 0 saturated carbocycles. The highest BCUT2D eigenvalue weighted by molar-refractivity contribution is 7.12. The predicted octanol–water partition coefficient (Wildman–Crippen LogP) is 1.61. The van der Waals surface area contributed by atoms with E-state index in [1.807, 2.05) is 11.4 Å². The van der Waals surface area contributed by atoms with E-state index in [9.17, 15) is 14.7 Å². The molecule has 0 aliphatic carbocycles. The lowest BCUT2D eigenvalue weighted by molar-refractivity contribution is 0.0929. The van der Waals surface area contributed by atoms with Crippen molar-refractivity contribution in [3.63, 3.8) is 0 Å². The van der Waals surface area contributed by atoms with E-state index in [1.54, 1.807) is 18.2 Å². The molecule has 5 nitrogen and oxygen atoms in total. The predicted molar refractivity (Wildman–Crippen MR) is 77.1 cm³/mol. The van der Waals surface area contributed by atoms with Crippen LogP contribution in [0, 0.1) is 0 Å². The normalized spacial score (nSPS) is 10.0. The summed E-state index contributed by atoms with van der Waals surface area (Å²) in [6, 6.07) is 9.65. The Morgan fingerprint density at radius 2 is 1.80 bits per heavy atom. The molecule has 0 unspecified atom stereocenters. The summed E-state index contributed by atoms with van der Waals surface area (Å²) < 4.78 is 0. The van der Waals surface area contributed by atoms with Gasteiger partial charge in [0, 0.05) is 18.7 Å². The number of amides is 2. The van der Waals surface area contributed by atoms with E-state index in [0.717, 1.165) is 0 Å². The van der Waals surface area contributed by atoms with Gasteiger partial charge in [-0.25, -0.2) is 0 Å². The Balaban J connectivity index is 1.73. The van der Waals surface area contributed by atoms with Gasteiger partial charge in [0.15, 0.2) is 0 Å². The standard InChI is InChI=1S/C14H14N2O3S/c17-11-4-1-3-10(9-11)13(18)15-6-7-16-14(19)12-5-2-8-20-12/h1-5,8-9,17H,6-7H2,(H,15,18)(H,16,19). The van der Waals surface area contributed by atoms with Crippen LogP contribution in [0.2, 0.25) is 0 Å². The van der Waals surface area contributed by atoms with Crippen LogP contribution >= 0.6 is 11.3 Å². The summed E-state index contributed by atoms with van der Waals surface area (Å²) in [6.45, 7) is 0.674. The Morgan fingerprint density at radius 3 is 2.45 bits per heavy atom. The SMILES string of the molecule is O=C(NCCNC(=O)c1cccs1)c1cccc(O)c1. The van der Waals surface area contributed by atoms with Gasteiger partial charge in [0.05, 0.1) is 4.88 Å². The van der Waals surface area contributed by atoms with Gasteiger partial charge in [0.1, 0.15) is 5.75 Å². The summed E-state index contributed by atoms with van der Waals surface area (Å²) in [5.74, 6) is -0.387. The average Bonchev–Trinajstić information content (AvgIpc) is 2.97. The highest BCUT2D eigenvalue weighted by Gasteiger charge is 2.07. The first-order chi connectivity index (χ1) is 9.66. The number of carbonyl (C=O) groups excluding carboxylic acids is 2. The number of thiophene rings is 1. The molecular formula is C14H14N2O3S. The third kappa shape index (κ3) is 3.83. The van der Waals surface area contributed by atoms with Crippen molar-refractivity contribution in [1.29, 1.82) is 0 Å². The van der Waals surface area contributed by atoms with Gasteiger partial charge in [0.2, 0.25) is 0 Å². The highest BCUT2D eigenvalue weighted by atomic mass is 32.1. The van der Waals surface area contributed by atoms with Gasteiger partial charge >= 0.3 is 0 Å². The van der Waals surface area contributed by atoms with Crippen LogP contribution in [0.1, 0.15) is 20.0 Å². The molecule has 1 heterocycles. The number of aromatic hydroxyl groups is 1. The van der Waals surface area contributed by atoms with Crippen LogP contribution in [0.5, 0.6) is 5.75 Å². The Kier molecular flexibility index (Phi) is 4.73. The second kappa shape index (κ2) is 6.72. The van der Waals surface area contributed by atoms with Crippen molar-refractivity contribution in [3.8, 4) is 5.75 Å². The Hall–Kier alpha value is -2.34. The number of phenolic OH excluding ortho intramolecular Hbond substituents is 1. The molecule has 0 atom stereocenters. The summed E-state index contributed by atoms with van der Waals surface area (Å²) in [7, 11) is 0. The summed E-state index contributed by atoms with van der Waals surface area (Å²) in [4.78, 5) is 24.0. The minimum absolute atomic E-state index is 0.0450. The third-order valence-corrected chi connectivity index (χ3v) is 3.42. The van der Waals surface area contributed by atoms with Crippen molar-refractivity contribution in [3.05, 3.63) is 52.2 Å². The zero-order chi connectivity index (χ0) is 14.4. The van der Waals surface area contributed by atoms with Gasteiger partial charge < -0.3 is 15.7 Å². The van der Waals surface area contributed by atoms with Crippen molar-refractivity contribution in [2.45, 2.75) is 0 Å². The quantitative estimate of drug-likeness (QED) is 0.732. The van der Waals surface area contributed by atoms with E-state index in [2.05, 4.69) is 10.6 Å². The summed E-state index contributed by atoms with van der Waals surface area (Å²) in [6.07, 6.45) is 0. The fourth-order valence-electron chi connectivity index (χ4n) is 1.60. The number of hydrogen-bond acceptors (Lipinski definition) is 4. The number of nitrogens with one attached hydrogen (secondary N) is 2. The van der Waals surface area contributed by atoms with E-state index in [4.69, 9.17) is 0 Å². The maximum atomic E-state index is 11.7. The first kappa shape index (κ1) is 14.1. The summed E-state index contributed by atoms with van der Waals surface area (Å²) in [5.41, 5.74) is 0.384. The molecule has 104 valence electrons. The second-order valence-corrected chi connectivity index (χ2v) is 4.99. The van der Waals surface area contributed by atoms with Crippen LogP contribution < -0.4 is 10.6 Å². The Bertz CT molecular complexity index is 596. The van der Waals surface area contributed by atoms with Gasteiger partial charge in [-0.05, 0) is 29.6 Å². The number of carbonyl (C=O) groups is 2. The van der Waals surface area contributed by atoms with E-state index in [-0.39, 0.29) is 17.6 Å². The van der Waals surface area contributed by atoms with Crippen molar-refractivity contribution >= 4 is 23.2 Å². The van der Waals surface area contributed by atoms with Gasteiger partial charge in [-0.1, -0.05) is 12.1 Å². The first-order valence-corrected chi connectivity index (χ1v) is 6.94. The lowest BCUT2D eigenvalue weighted by Crippen LogP contribution is -2.34. The molecule has 3 N–H and O–H groups in total. The topological polar surface area (TPSA) is 78.4 Å². The van der Waals surface area contributed by atoms with E-state index >= 15 is 0 Å². The van der Waals surface area contributed by atoms with Crippen molar-refractivity contribution < 1.29 is 14.7 Å². The zero-order valence-electron chi connectivity index (χ0n) is 10.6. The third-order valence-electron chi connectivity index (χ3n) is 2.55. The fraction of sp³-hybridized carbons (Fsp3) is 0.143. The molecule has 1 aromatic heterocycles. The van der Waals surface area contributed by atoms with Crippen molar-refractivity contribution in [1.82, 2.24) is 10.6 Å². The highest BCUT2D eigenvalue weighted by Crippen LogP contribution is 2.10. The van der Waals surface area contributed by atoms with E-state index in [0.29, 0.717) is 23.5 Å². The zero-order valence-corrected chi connectivity index (χ0v) is 11.4. The number of phenols is 1. The van der Waals surface area contributed by atoms with E-state index < -0.39 is 0 Å². The minimum atomic E-state index is -0.286. The summed E-state index contributed by atoms with van der Waals surface area (Å²) in [5, 5.41) is 16.5. The Morgan fingerprint density at radius 1 is 1.05 bits per heavy atom. The molecule has 0 fully saturated rings. The molecule has 0 radical (unpaired) electrons. The lowest BCUT2D eigenvalue weighted by atomic mass is 10.2. The molecule has 6 heteroatoms. The molecule has 0 bridgehead atoms. The van der Waals surface area contributed by atoms with Crippen LogP contribution in [0.3, 0.4) is 0 Å². The molecule has 0 saturated heterocycles. The molecule has 1 aromatic carbocycles. The van der Waals surface area contributed by atoms with Crippen molar-refractivity contribution in [2.24, 2.45) is 0 Å². The van der Waals surface area contributed by atoms with Crippen LogP contribution in [0.15, 0.2) is 41.8 Å². The molecule has 0 aliphatic rings. The smallest absolute Gasteiger partial charge is 0.261 e. The first-order valence-electron chi connectivity index (χ1n) is 6.06. The lowest BCUT2D eigenvalue weighted by Gasteiger charge is -2.06. The van der Waals surface area contributed by atoms with E-state index in [1.165, 1.54) is 23.5 Å². The number of benzene rings is 1. The Labute approximate surface area is 120 Å². The monoisotopic (exact) mass is 290 g/mol. The number of hydrogen-bond donors (Lipinski definition) is 3. The second-order valence-electron chi connectivity index (χ2n) is 4.04. The van der Waals surface area contributed by atoms with Crippen LogP contribution in [-0.4, -0.2) is 30.0 Å². The minimum Gasteiger partial charge on any atom is -0.508 e. The molecule has 2 rings (SSSR count).